The van der Waals surface area contributed by atoms with E-state index in [4.69, 9.17) is 0 Å². The average molecular weight is 193 g/mol. The quantitative estimate of drug-likeness (QED) is 0.706. The summed E-state index contributed by atoms with van der Waals surface area (Å²) in [6, 6.07) is 8.68. The van der Waals surface area contributed by atoms with Crippen molar-refractivity contribution in [3.63, 3.8) is 0 Å². The molecule has 0 amide bonds. The lowest BCUT2D eigenvalue weighted by Crippen LogP contribution is -2.23. The summed E-state index contributed by atoms with van der Waals surface area (Å²) in [7, 11) is 0. The molecule has 1 unspecified atom stereocenters. The Balaban J connectivity index is 2.30. The van der Waals surface area contributed by atoms with E-state index in [1.807, 2.05) is 0 Å². The number of anilines is 1. The number of hydrogen-bond acceptors (Lipinski definition) is 2. The fraction of sp³-hybridized carbons (Fsp3) is 0.455. The van der Waals surface area contributed by atoms with E-state index in [9.17, 15) is 0 Å². The lowest BCUT2D eigenvalue weighted by Gasteiger charge is -2.17. The van der Waals surface area contributed by atoms with Gasteiger partial charge in [-0.05, 0) is 11.6 Å². The summed E-state index contributed by atoms with van der Waals surface area (Å²) in [5, 5.41) is 0. The van der Waals surface area contributed by atoms with Crippen molar-refractivity contribution in [1.29, 1.82) is 0 Å². The normalized spacial score (nSPS) is 20.5. The molecule has 0 aliphatic carbocycles. The van der Waals surface area contributed by atoms with Gasteiger partial charge in [-0.3, -0.25) is 0 Å². The molecule has 0 spiro atoms. The molecule has 1 aliphatic rings. The van der Waals surface area contributed by atoms with Crippen LogP contribution >= 0.6 is 12.6 Å². The maximum Gasteiger partial charge on any atom is 0.0402 e. The van der Waals surface area contributed by atoms with Gasteiger partial charge < -0.3 is 4.90 Å². The van der Waals surface area contributed by atoms with Crippen molar-refractivity contribution in [2.75, 3.05) is 23.7 Å². The number of fused-ring (bicyclic) bond motifs is 1. The second-order valence-corrected chi connectivity index (χ2v) is 4.08. The number of para-hydroxylation sites is 1. The summed E-state index contributed by atoms with van der Waals surface area (Å²) in [6.07, 6.45) is 0. The minimum absolute atomic E-state index is 0.677. The second-order valence-electron chi connectivity index (χ2n) is 3.63. The number of rotatable bonds is 2. The molecule has 2 rings (SSSR count). The van der Waals surface area contributed by atoms with E-state index in [0.717, 1.165) is 18.8 Å². The molecule has 0 saturated carbocycles. The summed E-state index contributed by atoms with van der Waals surface area (Å²) in [4.78, 5) is 2.42. The Hall–Kier alpha value is -0.630. The molecule has 0 bridgehead atoms. The van der Waals surface area contributed by atoms with Gasteiger partial charge in [0.05, 0.1) is 0 Å². The molecule has 0 fully saturated rings. The number of nitrogens with zero attached hydrogens (tertiary/aromatic N) is 1. The average Bonchev–Trinajstić information content (AvgIpc) is 2.46. The monoisotopic (exact) mass is 193 g/mol. The molecule has 2 heteroatoms. The van der Waals surface area contributed by atoms with Crippen LogP contribution in [0.15, 0.2) is 24.3 Å². The van der Waals surface area contributed by atoms with Gasteiger partial charge >= 0.3 is 0 Å². The molecular weight excluding hydrogens is 178 g/mol. The molecule has 1 aliphatic heterocycles. The van der Waals surface area contributed by atoms with Crippen molar-refractivity contribution in [3.8, 4) is 0 Å². The smallest absolute Gasteiger partial charge is 0.0402 e. The van der Waals surface area contributed by atoms with Gasteiger partial charge in [-0.1, -0.05) is 25.1 Å². The van der Waals surface area contributed by atoms with E-state index in [0.29, 0.717) is 5.92 Å². The van der Waals surface area contributed by atoms with Gasteiger partial charge in [0.15, 0.2) is 0 Å². The fourth-order valence-corrected chi connectivity index (χ4v) is 2.29. The predicted octanol–water partition coefficient (Wildman–Crippen LogP) is 2.54. The van der Waals surface area contributed by atoms with E-state index in [-0.39, 0.29) is 0 Å². The van der Waals surface area contributed by atoms with Crippen LogP contribution in [0.2, 0.25) is 0 Å². The minimum Gasteiger partial charge on any atom is -0.370 e. The Kier molecular flexibility index (Phi) is 2.49. The number of thiol groups is 1. The van der Waals surface area contributed by atoms with E-state index < -0.39 is 0 Å². The first kappa shape index (κ1) is 8.95. The third-order valence-electron chi connectivity index (χ3n) is 2.67. The van der Waals surface area contributed by atoms with Crippen molar-refractivity contribution < 1.29 is 0 Å². The largest absolute Gasteiger partial charge is 0.370 e. The second kappa shape index (κ2) is 3.62. The fourth-order valence-electron chi connectivity index (χ4n) is 2.05. The lowest BCUT2D eigenvalue weighted by atomic mass is 10.0. The van der Waals surface area contributed by atoms with Crippen molar-refractivity contribution in [3.05, 3.63) is 29.8 Å². The highest BCUT2D eigenvalue weighted by atomic mass is 32.1. The number of benzene rings is 1. The van der Waals surface area contributed by atoms with Crippen LogP contribution in [0.3, 0.4) is 0 Å². The van der Waals surface area contributed by atoms with Crippen LogP contribution in [-0.2, 0) is 0 Å². The molecule has 1 nitrogen and oxygen atoms in total. The van der Waals surface area contributed by atoms with Crippen LogP contribution < -0.4 is 4.90 Å². The van der Waals surface area contributed by atoms with Gasteiger partial charge in [-0.15, -0.1) is 0 Å². The Morgan fingerprint density at radius 2 is 2.23 bits per heavy atom. The summed E-state index contributed by atoms with van der Waals surface area (Å²) in [6.45, 7) is 4.50. The number of hydrogen-bond donors (Lipinski definition) is 1. The molecule has 0 radical (unpaired) electrons. The third-order valence-corrected chi connectivity index (χ3v) is 2.87. The van der Waals surface area contributed by atoms with Crippen molar-refractivity contribution in [2.24, 2.45) is 0 Å². The predicted molar refractivity (Wildman–Crippen MR) is 60.9 cm³/mol. The van der Waals surface area contributed by atoms with Crippen LogP contribution in [0.4, 0.5) is 5.69 Å². The molecule has 1 atom stereocenters. The molecule has 1 aromatic rings. The first-order valence-corrected chi connectivity index (χ1v) is 5.41. The Morgan fingerprint density at radius 1 is 1.46 bits per heavy atom. The van der Waals surface area contributed by atoms with Crippen molar-refractivity contribution in [2.45, 2.75) is 12.8 Å². The third kappa shape index (κ3) is 1.55. The van der Waals surface area contributed by atoms with Crippen LogP contribution in [-0.4, -0.2) is 18.8 Å². The zero-order chi connectivity index (χ0) is 9.26. The summed E-state index contributed by atoms with van der Waals surface area (Å²) >= 11 is 4.28. The Bertz CT molecular complexity index is 298. The summed E-state index contributed by atoms with van der Waals surface area (Å²) in [5.41, 5.74) is 2.90. The SMILES string of the molecule is CC1CN(CCS)c2ccccc21. The zero-order valence-corrected chi connectivity index (χ0v) is 8.80. The minimum atomic E-state index is 0.677. The van der Waals surface area contributed by atoms with Gasteiger partial charge in [0, 0.05) is 30.4 Å². The topological polar surface area (TPSA) is 3.24 Å². The molecule has 1 aromatic carbocycles. The maximum atomic E-state index is 4.28. The van der Waals surface area contributed by atoms with Crippen LogP contribution in [0.1, 0.15) is 18.4 Å². The van der Waals surface area contributed by atoms with E-state index in [1.165, 1.54) is 11.3 Å². The first-order valence-electron chi connectivity index (χ1n) is 4.77. The summed E-state index contributed by atoms with van der Waals surface area (Å²) in [5.74, 6) is 1.61. The molecular formula is C11H15NS. The van der Waals surface area contributed by atoms with E-state index in [2.05, 4.69) is 48.7 Å². The highest BCUT2D eigenvalue weighted by Crippen LogP contribution is 2.35. The lowest BCUT2D eigenvalue weighted by molar-refractivity contribution is 0.765. The Labute approximate surface area is 85.2 Å². The molecule has 0 saturated heterocycles. The Morgan fingerprint density at radius 3 is 3.00 bits per heavy atom. The zero-order valence-electron chi connectivity index (χ0n) is 7.90. The highest BCUT2D eigenvalue weighted by molar-refractivity contribution is 7.80. The van der Waals surface area contributed by atoms with Gasteiger partial charge in [0.2, 0.25) is 0 Å². The molecule has 0 aromatic heterocycles. The standard InChI is InChI=1S/C11H15NS/c1-9-8-12(6-7-13)11-5-3-2-4-10(9)11/h2-5,9,13H,6-8H2,1H3. The van der Waals surface area contributed by atoms with Gasteiger partial charge in [0.25, 0.3) is 0 Å². The van der Waals surface area contributed by atoms with Gasteiger partial charge in [-0.25, -0.2) is 0 Å². The van der Waals surface area contributed by atoms with Gasteiger partial charge in [-0.2, -0.15) is 12.6 Å². The molecule has 0 N–H and O–H groups in total. The van der Waals surface area contributed by atoms with Crippen molar-refractivity contribution >= 4 is 18.3 Å². The van der Waals surface area contributed by atoms with E-state index >= 15 is 0 Å². The van der Waals surface area contributed by atoms with Crippen LogP contribution in [0, 0.1) is 0 Å². The van der Waals surface area contributed by atoms with Crippen LogP contribution in [0.5, 0.6) is 0 Å². The molecule has 13 heavy (non-hydrogen) atoms. The van der Waals surface area contributed by atoms with Crippen LogP contribution in [0.25, 0.3) is 0 Å². The summed E-state index contributed by atoms with van der Waals surface area (Å²) < 4.78 is 0. The molecule has 1 heterocycles. The highest BCUT2D eigenvalue weighted by Gasteiger charge is 2.23. The molecule has 70 valence electrons. The van der Waals surface area contributed by atoms with E-state index in [1.54, 1.807) is 0 Å². The maximum absolute atomic E-state index is 4.28. The van der Waals surface area contributed by atoms with Crippen molar-refractivity contribution in [1.82, 2.24) is 0 Å². The first-order chi connectivity index (χ1) is 6.33. The van der Waals surface area contributed by atoms with Gasteiger partial charge in [0.1, 0.15) is 0 Å².